The normalized spacial score (nSPS) is 15.8. The second-order valence-corrected chi connectivity index (χ2v) is 18.6. The van der Waals surface area contributed by atoms with Crippen molar-refractivity contribution in [3.05, 3.63) is 68.8 Å². The lowest BCUT2D eigenvalue weighted by Gasteiger charge is -2.31. The fourth-order valence-electron chi connectivity index (χ4n) is 6.31. The van der Waals surface area contributed by atoms with Gasteiger partial charge in [-0.15, -0.1) is 0 Å². The van der Waals surface area contributed by atoms with Crippen LogP contribution in [0.15, 0.2) is 24.3 Å². The van der Waals surface area contributed by atoms with Gasteiger partial charge in [-0.1, -0.05) is 139 Å². The molecule has 0 amide bonds. The minimum absolute atomic E-state index is 0.198. The highest BCUT2D eigenvalue weighted by atomic mass is 32.2. The molecule has 2 aromatic rings. The molecule has 44 heavy (non-hydrogen) atoms. The van der Waals surface area contributed by atoms with E-state index in [2.05, 4.69) is 146 Å². The van der Waals surface area contributed by atoms with E-state index in [-0.39, 0.29) is 21.7 Å². The fraction of sp³-hybridized carbons (Fsp3) is 0.714. The smallest absolute Gasteiger partial charge is 0.0190 e. The van der Waals surface area contributed by atoms with Crippen LogP contribution in [0.5, 0.6) is 0 Å². The van der Waals surface area contributed by atoms with Crippen molar-refractivity contribution in [1.29, 1.82) is 0 Å². The average molecular weight is 639 g/mol. The van der Waals surface area contributed by atoms with E-state index >= 15 is 0 Å². The molecule has 0 aromatic heterocycles. The lowest BCUT2D eigenvalue weighted by molar-refractivity contribution is 0.498. The van der Waals surface area contributed by atoms with Crippen LogP contribution in [0, 0.1) is 13.8 Å². The second-order valence-electron chi connectivity index (χ2n) is 17.0. The minimum Gasteiger partial charge on any atom is -0.175 e. The maximum atomic E-state index is 4.50. The van der Waals surface area contributed by atoms with Gasteiger partial charge in [-0.25, -0.2) is 0 Å². The van der Waals surface area contributed by atoms with Gasteiger partial charge in [0.1, 0.15) is 0 Å². The average Bonchev–Trinajstić information content (AvgIpc) is 2.92. The van der Waals surface area contributed by atoms with Crippen LogP contribution in [0.2, 0.25) is 0 Å². The maximum Gasteiger partial charge on any atom is 0.0190 e. The van der Waals surface area contributed by atoms with Crippen LogP contribution in [0.1, 0.15) is 185 Å². The van der Waals surface area contributed by atoms with Gasteiger partial charge in [0.25, 0.3) is 0 Å². The van der Waals surface area contributed by atoms with Gasteiger partial charge in [0.05, 0.1) is 0 Å². The van der Waals surface area contributed by atoms with Crippen molar-refractivity contribution < 1.29 is 0 Å². The third-order valence-electron chi connectivity index (χ3n) is 10.7. The van der Waals surface area contributed by atoms with E-state index < -0.39 is 0 Å². The molecule has 0 saturated heterocycles. The molecule has 2 heteroatoms. The van der Waals surface area contributed by atoms with Crippen molar-refractivity contribution >= 4 is 24.4 Å². The third-order valence-corrected chi connectivity index (χ3v) is 12.4. The summed E-state index contributed by atoms with van der Waals surface area (Å²) in [6.07, 6.45) is 12.4. The Morgan fingerprint density at radius 2 is 1.00 bits per heavy atom. The Balaban J connectivity index is 0.000000329. The SMILES string of the molecule is CCC(C)(C)c1cc(C(C)(C)C)cc(CS)c1C.CCC(C)(C)c1cc(C(C)(C)C)cc(CSC2CCCCCCC2)c1C. The third kappa shape index (κ3) is 10.9. The summed E-state index contributed by atoms with van der Waals surface area (Å²) in [6.45, 7) is 32.6. The monoisotopic (exact) mass is 638 g/mol. The summed E-state index contributed by atoms with van der Waals surface area (Å²) in [4.78, 5) is 0. The van der Waals surface area contributed by atoms with Gasteiger partial charge >= 0.3 is 0 Å². The Morgan fingerprint density at radius 3 is 1.39 bits per heavy atom. The summed E-state index contributed by atoms with van der Waals surface area (Å²) < 4.78 is 0. The maximum absolute atomic E-state index is 4.50. The van der Waals surface area contributed by atoms with E-state index in [4.69, 9.17) is 0 Å². The predicted molar refractivity (Wildman–Crippen MR) is 206 cm³/mol. The predicted octanol–water partition coefficient (Wildman–Crippen LogP) is 13.7. The van der Waals surface area contributed by atoms with Gasteiger partial charge in [-0.2, -0.15) is 24.4 Å². The standard InChI is InChI=1S/C25H42S.C17H28S/c1-8-25(6,7)23-17-21(24(3,4)5)16-20(19(23)2)18-26-22-14-12-10-9-11-13-15-22;1-8-17(6,7)15-10-14(16(3,4)5)9-13(11-18)12(15)2/h16-17,22H,8-15,18H2,1-7H3;9-10,18H,8,11H2,1-7H3. The summed E-state index contributed by atoms with van der Waals surface area (Å²) in [5.74, 6) is 2.01. The van der Waals surface area contributed by atoms with E-state index in [9.17, 15) is 0 Å². The first-order valence-corrected chi connectivity index (χ1v) is 19.5. The first-order valence-electron chi connectivity index (χ1n) is 17.8. The Hall–Kier alpha value is -0.860. The lowest BCUT2D eigenvalue weighted by atomic mass is 9.75. The van der Waals surface area contributed by atoms with Crippen molar-refractivity contribution in [2.24, 2.45) is 0 Å². The molecule has 3 rings (SSSR count). The molecule has 1 saturated carbocycles. The van der Waals surface area contributed by atoms with Crippen LogP contribution in [0.4, 0.5) is 0 Å². The molecule has 0 N–H and O–H groups in total. The summed E-state index contributed by atoms with van der Waals surface area (Å²) in [5.41, 5.74) is 12.8. The van der Waals surface area contributed by atoms with Gasteiger partial charge in [0.15, 0.2) is 0 Å². The zero-order valence-electron chi connectivity index (χ0n) is 31.5. The summed E-state index contributed by atoms with van der Waals surface area (Å²) in [6, 6.07) is 9.76. The molecule has 0 heterocycles. The van der Waals surface area contributed by atoms with Crippen molar-refractivity contribution in [3.8, 4) is 0 Å². The molecule has 0 bridgehead atoms. The Labute approximate surface area is 285 Å². The highest BCUT2D eigenvalue weighted by Gasteiger charge is 2.27. The highest BCUT2D eigenvalue weighted by Crippen LogP contribution is 2.38. The van der Waals surface area contributed by atoms with Crippen LogP contribution < -0.4 is 0 Å². The first-order chi connectivity index (χ1) is 20.3. The van der Waals surface area contributed by atoms with Crippen molar-refractivity contribution in [2.75, 3.05) is 0 Å². The molecule has 0 nitrogen and oxygen atoms in total. The summed E-state index contributed by atoms with van der Waals surface area (Å²) in [7, 11) is 0. The van der Waals surface area contributed by atoms with Gasteiger partial charge < -0.3 is 0 Å². The van der Waals surface area contributed by atoms with E-state index in [1.807, 2.05) is 0 Å². The molecular formula is C42H70S2. The first kappa shape index (κ1) is 39.3. The topological polar surface area (TPSA) is 0 Å². The van der Waals surface area contributed by atoms with Crippen LogP contribution in [0.25, 0.3) is 0 Å². The number of hydrogen-bond donors (Lipinski definition) is 1. The van der Waals surface area contributed by atoms with E-state index in [0.29, 0.717) is 0 Å². The molecule has 0 unspecified atom stereocenters. The van der Waals surface area contributed by atoms with Crippen molar-refractivity contribution in [3.63, 3.8) is 0 Å². The van der Waals surface area contributed by atoms with Gasteiger partial charge in [0, 0.05) is 16.8 Å². The quantitative estimate of drug-likeness (QED) is 0.281. The Kier molecular flexibility index (Phi) is 14.6. The number of thiol groups is 1. The van der Waals surface area contributed by atoms with Crippen LogP contribution >= 0.6 is 24.4 Å². The Bertz CT molecular complexity index is 1180. The van der Waals surface area contributed by atoms with Crippen LogP contribution in [0.3, 0.4) is 0 Å². The van der Waals surface area contributed by atoms with E-state index in [0.717, 1.165) is 17.4 Å². The molecule has 1 fully saturated rings. The second kappa shape index (κ2) is 16.3. The molecular weight excluding hydrogens is 569 g/mol. The fourth-order valence-corrected chi connectivity index (χ4v) is 8.02. The highest BCUT2D eigenvalue weighted by molar-refractivity contribution is 7.99. The minimum atomic E-state index is 0.198. The summed E-state index contributed by atoms with van der Waals surface area (Å²) in [5, 5.41) is 0.871. The van der Waals surface area contributed by atoms with Crippen molar-refractivity contribution in [2.45, 2.75) is 193 Å². The zero-order chi connectivity index (χ0) is 33.5. The van der Waals surface area contributed by atoms with Gasteiger partial charge in [-0.3, -0.25) is 0 Å². The van der Waals surface area contributed by atoms with Crippen LogP contribution in [-0.4, -0.2) is 5.25 Å². The molecule has 0 spiro atoms. The van der Waals surface area contributed by atoms with Gasteiger partial charge in [0.2, 0.25) is 0 Å². The zero-order valence-corrected chi connectivity index (χ0v) is 33.2. The molecule has 1 aliphatic rings. The van der Waals surface area contributed by atoms with Crippen molar-refractivity contribution in [1.82, 2.24) is 0 Å². The molecule has 2 aromatic carbocycles. The van der Waals surface area contributed by atoms with Crippen LogP contribution in [-0.2, 0) is 33.2 Å². The molecule has 0 aliphatic heterocycles. The lowest BCUT2D eigenvalue weighted by Crippen LogP contribution is -2.21. The number of hydrogen-bond acceptors (Lipinski definition) is 2. The van der Waals surface area contributed by atoms with E-state index in [1.165, 1.54) is 84.9 Å². The molecule has 250 valence electrons. The Morgan fingerprint density at radius 1 is 0.614 bits per heavy atom. The van der Waals surface area contributed by atoms with E-state index in [1.54, 1.807) is 16.7 Å². The summed E-state index contributed by atoms with van der Waals surface area (Å²) >= 11 is 6.73. The molecule has 1 aliphatic carbocycles. The van der Waals surface area contributed by atoms with Gasteiger partial charge in [-0.05, 0) is 106 Å². The number of benzene rings is 2. The number of rotatable bonds is 8. The molecule has 0 radical (unpaired) electrons. The molecule has 0 atom stereocenters. The number of thioether (sulfide) groups is 1. The largest absolute Gasteiger partial charge is 0.175 e.